The molecule has 4 heteroatoms. The van der Waals surface area contributed by atoms with E-state index in [2.05, 4.69) is 0 Å². The second kappa shape index (κ2) is 4.09. The smallest absolute Gasteiger partial charge is 0.162 e. The average molecular weight is 237 g/mol. The van der Waals surface area contributed by atoms with Crippen molar-refractivity contribution in [3.05, 3.63) is 11.6 Å². The number of hydrogen-bond donors (Lipinski definition) is 0. The summed E-state index contributed by atoms with van der Waals surface area (Å²) < 4.78 is 0. The van der Waals surface area contributed by atoms with Crippen molar-refractivity contribution in [2.24, 2.45) is 10.8 Å². The highest BCUT2D eigenvalue weighted by Gasteiger charge is 2.49. The predicted octanol–water partition coefficient (Wildman–Crippen LogP) is 0.647. The molecule has 0 saturated heterocycles. The van der Waals surface area contributed by atoms with Crippen LogP contribution in [0.5, 0.6) is 0 Å². The maximum Gasteiger partial charge on any atom is 0.162 e. The fraction of sp³-hybridized carbons (Fsp3) is 0.615. The Morgan fingerprint density at radius 1 is 1.47 bits per heavy atom. The van der Waals surface area contributed by atoms with Crippen LogP contribution in [-0.2, 0) is 14.4 Å². The van der Waals surface area contributed by atoms with Crippen LogP contribution in [0.25, 0.3) is 0 Å². The molecule has 1 unspecified atom stereocenters. The molecule has 0 radical (unpaired) electrons. The standard InChI is InChI=1S/C13H18O4/c1-8-5-10(15)13(4,6-9(8)14)12(2,3)7-11(16)17/h5H,6-7H2,1-4H3,(H,16,17)/p-1. The van der Waals surface area contributed by atoms with Crippen molar-refractivity contribution in [2.45, 2.75) is 40.5 Å². The first-order valence-electron chi connectivity index (χ1n) is 5.56. The van der Waals surface area contributed by atoms with E-state index in [9.17, 15) is 19.5 Å². The minimum Gasteiger partial charge on any atom is -0.550 e. The van der Waals surface area contributed by atoms with Crippen LogP contribution in [0, 0.1) is 10.8 Å². The van der Waals surface area contributed by atoms with Gasteiger partial charge in [0.1, 0.15) is 0 Å². The minimum absolute atomic E-state index is 0.0639. The lowest BCUT2D eigenvalue weighted by Gasteiger charge is -2.44. The van der Waals surface area contributed by atoms with Crippen LogP contribution in [-0.4, -0.2) is 17.5 Å². The second-order valence-electron chi connectivity index (χ2n) is 5.56. The van der Waals surface area contributed by atoms with Gasteiger partial charge in [-0.1, -0.05) is 20.8 Å². The van der Waals surface area contributed by atoms with Crippen molar-refractivity contribution in [1.29, 1.82) is 0 Å². The quantitative estimate of drug-likeness (QED) is 0.722. The highest BCUT2D eigenvalue weighted by Crippen LogP contribution is 2.47. The fourth-order valence-electron chi connectivity index (χ4n) is 2.11. The van der Waals surface area contributed by atoms with E-state index in [-0.39, 0.29) is 24.4 Å². The number of hydrogen-bond acceptors (Lipinski definition) is 4. The zero-order valence-electron chi connectivity index (χ0n) is 10.6. The number of ketones is 2. The molecule has 1 rings (SSSR count). The van der Waals surface area contributed by atoms with E-state index in [0.29, 0.717) is 5.57 Å². The van der Waals surface area contributed by atoms with Crippen LogP contribution in [0.15, 0.2) is 11.6 Å². The molecule has 4 nitrogen and oxygen atoms in total. The summed E-state index contributed by atoms with van der Waals surface area (Å²) in [5.41, 5.74) is -1.34. The molecule has 0 fully saturated rings. The normalized spacial score (nSPS) is 25.8. The van der Waals surface area contributed by atoms with Crippen molar-refractivity contribution in [1.82, 2.24) is 0 Å². The summed E-state index contributed by atoms with van der Waals surface area (Å²) in [5.74, 6) is -1.48. The fourth-order valence-corrected chi connectivity index (χ4v) is 2.11. The van der Waals surface area contributed by atoms with E-state index in [1.807, 2.05) is 0 Å². The summed E-state index contributed by atoms with van der Waals surface area (Å²) in [5, 5.41) is 10.7. The molecule has 0 spiro atoms. The molecule has 1 aliphatic carbocycles. The van der Waals surface area contributed by atoms with Crippen LogP contribution in [0.2, 0.25) is 0 Å². The molecule has 0 bridgehead atoms. The first-order valence-corrected chi connectivity index (χ1v) is 5.56. The number of allylic oxidation sites excluding steroid dienone is 2. The molecule has 0 aromatic rings. The van der Waals surface area contributed by atoms with Crippen molar-refractivity contribution in [3.8, 4) is 0 Å². The van der Waals surface area contributed by atoms with Gasteiger partial charge < -0.3 is 9.90 Å². The summed E-state index contributed by atoms with van der Waals surface area (Å²) in [4.78, 5) is 34.5. The summed E-state index contributed by atoms with van der Waals surface area (Å²) in [6, 6.07) is 0. The van der Waals surface area contributed by atoms with Crippen LogP contribution >= 0.6 is 0 Å². The van der Waals surface area contributed by atoms with Gasteiger partial charge >= 0.3 is 0 Å². The Morgan fingerprint density at radius 3 is 2.47 bits per heavy atom. The van der Waals surface area contributed by atoms with Crippen LogP contribution in [0.4, 0.5) is 0 Å². The van der Waals surface area contributed by atoms with E-state index in [4.69, 9.17) is 0 Å². The van der Waals surface area contributed by atoms with Gasteiger partial charge in [0.15, 0.2) is 11.6 Å². The van der Waals surface area contributed by atoms with Gasteiger partial charge in [-0.05, 0) is 30.4 Å². The maximum atomic E-state index is 12.1. The largest absolute Gasteiger partial charge is 0.550 e. The third-order valence-electron chi connectivity index (χ3n) is 3.93. The van der Waals surface area contributed by atoms with E-state index in [1.54, 1.807) is 27.7 Å². The van der Waals surface area contributed by atoms with Crippen LogP contribution in [0.3, 0.4) is 0 Å². The predicted molar refractivity (Wildman–Crippen MR) is 59.9 cm³/mol. The second-order valence-corrected chi connectivity index (χ2v) is 5.56. The molecule has 0 aromatic heterocycles. The Balaban J connectivity index is 3.15. The lowest BCUT2D eigenvalue weighted by atomic mass is 9.58. The molecule has 0 saturated carbocycles. The van der Waals surface area contributed by atoms with Crippen LogP contribution < -0.4 is 5.11 Å². The number of carboxylic acid groups (broad SMARTS) is 1. The van der Waals surface area contributed by atoms with Crippen LogP contribution in [0.1, 0.15) is 40.5 Å². The molecule has 0 aromatic carbocycles. The molecular weight excluding hydrogens is 220 g/mol. The van der Waals surface area contributed by atoms with Gasteiger partial charge in [0.05, 0.1) is 0 Å². The summed E-state index contributed by atoms with van der Waals surface area (Å²) in [7, 11) is 0. The van der Waals surface area contributed by atoms with Gasteiger partial charge in [-0.2, -0.15) is 0 Å². The van der Waals surface area contributed by atoms with Gasteiger partial charge in [0.25, 0.3) is 0 Å². The van der Waals surface area contributed by atoms with E-state index < -0.39 is 16.8 Å². The van der Waals surface area contributed by atoms with Gasteiger partial charge in [0.2, 0.25) is 0 Å². The summed E-state index contributed by atoms with van der Waals surface area (Å²) in [6.07, 6.45) is 1.15. The number of carbonyl (C=O) groups is 3. The van der Waals surface area contributed by atoms with Gasteiger partial charge in [-0.25, -0.2) is 0 Å². The van der Waals surface area contributed by atoms with Gasteiger partial charge in [0, 0.05) is 17.8 Å². The molecule has 0 amide bonds. The molecule has 0 aliphatic heterocycles. The number of carbonyl (C=O) groups excluding carboxylic acids is 3. The summed E-state index contributed by atoms with van der Waals surface area (Å²) in [6.45, 7) is 6.62. The molecule has 1 aliphatic rings. The third kappa shape index (κ3) is 2.30. The van der Waals surface area contributed by atoms with E-state index in [1.165, 1.54) is 6.08 Å². The number of aliphatic carboxylic acids is 1. The zero-order chi connectivity index (χ0) is 13.4. The average Bonchev–Trinajstić information content (AvgIpc) is 2.12. The first-order chi connectivity index (χ1) is 7.60. The third-order valence-corrected chi connectivity index (χ3v) is 3.93. The number of carboxylic acids is 1. The molecule has 94 valence electrons. The maximum absolute atomic E-state index is 12.1. The summed E-state index contributed by atoms with van der Waals surface area (Å²) >= 11 is 0. The van der Waals surface area contributed by atoms with Crippen molar-refractivity contribution >= 4 is 17.5 Å². The Hall–Kier alpha value is -1.45. The monoisotopic (exact) mass is 237 g/mol. The van der Waals surface area contributed by atoms with E-state index in [0.717, 1.165) is 0 Å². The Bertz CT molecular complexity index is 417. The molecular formula is C13H17O4-. The van der Waals surface area contributed by atoms with Gasteiger partial charge in [-0.3, -0.25) is 9.59 Å². The Morgan fingerprint density at radius 2 is 2.00 bits per heavy atom. The van der Waals surface area contributed by atoms with E-state index >= 15 is 0 Å². The first kappa shape index (κ1) is 13.6. The number of Topliss-reactive ketones (excluding diaryl/α,β-unsaturated/α-hetero) is 1. The van der Waals surface area contributed by atoms with Crippen molar-refractivity contribution < 1.29 is 19.5 Å². The molecule has 1 atom stereocenters. The Labute approximate surface area is 101 Å². The lowest BCUT2D eigenvalue weighted by molar-refractivity contribution is -0.308. The van der Waals surface area contributed by atoms with Crippen molar-refractivity contribution in [3.63, 3.8) is 0 Å². The molecule has 0 N–H and O–H groups in total. The zero-order valence-corrected chi connectivity index (χ0v) is 10.6. The highest BCUT2D eigenvalue weighted by atomic mass is 16.4. The topological polar surface area (TPSA) is 74.3 Å². The SMILES string of the molecule is CC1=CC(=O)C(C)(C(C)(C)CC(=O)[O-])CC1=O. The minimum atomic E-state index is -1.21. The molecule has 17 heavy (non-hydrogen) atoms. The number of rotatable bonds is 3. The highest BCUT2D eigenvalue weighted by molar-refractivity contribution is 6.11. The van der Waals surface area contributed by atoms with Gasteiger partial charge in [-0.15, -0.1) is 0 Å². The van der Waals surface area contributed by atoms with Crippen molar-refractivity contribution in [2.75, 3.05) is 0 Å². The molecule has 0 heterocycles. The lowest BCUT2D eigenvalue weighted by Crippen LogP contribution is -2.48. The Kier molecular flexibility index (Phi) is 3.28.